The SMILES string of the molecule is Cc1ccc(C)c(Nc2ccc(C(=O)Nc3cccc4cccnc34)nc2)c1. The molecule has 0 bridgehead atoms. The van der Waals surface area contributed by atoms with Crippen molar-refractivity contribution in [1.29, 1.82) is 0 Å². The highest BCUT2D eigenvalue weighted by atomic mass is 16.1. The normalized spacial score (nSPS) is 10.6. The summed E-state index contributed by atoms with van der Waals surface area (Å²) < 4.78 is 0. The fraction of sp³-hybridized carbons (Fsp3) is 0.0870. The number of carbonyl (C=O) groups is 1. The summed E-state index contributed by atoms with van der Waals surface area (Å²) in [4.78, 5) is 21.3. The van der Waals surface area contributed by atoms with Gasteiger partial charge in [0.15, 0.2) is 0 Å². The van der Waals surface area contributed by atoms with Crippen molar-refractivity contribution in [3.05, 3.63) is 89.9 Å². The van der Waals surface area contributed by atoms with E-state index in [-0.39, 0.29) is 5.91 Å². The van der Waals surface area contributed by atoms with Crippen LogP contribution >= 0.6 is 0 Å². The molecule has 4 aromatic rings. The molecule has 2 N–H and O–H groups in total. The number of aryl methyl sites for hydroxylation is 2. The molecule has 2 aromatic carbocycles. The molecule has 5 nitrogen and oxygen atoms in total. The van der Waals surface area contributed by atoms with Gasteiger partial charge in [0.25, 0.3) is 5.91 Å². The molecule has 4 rings (SSSR count). The van der Waals surface area contributed by atoms with Crippen molar-refractivity contribution < 1.29 is 4.79 Å². The standard InChI is InChI=1S/C23H20N4O/c1-15-8-9-16(2)21(13-15)26-18-10-11-20(25-14-18)23(28)27-19-7-3-5-17-6-4-12-24-22(17)19/h3-14,26H,1-2H3,(H,27,28). The minimum Gasteiger partial charge on any atom is -0.354 e. The molecule has 2 aromatic heterocycles. The van der Waals surface area contributed by atoms with E-state index in [1.54, 1.807) is 18.5 Å². The van der Waals surface area contributed by atoms with Gasteiger partial charge in [0.2, 0.25) is 0 Å². The van der Waals surface area contributed by atoms with E-state index in [0.717, 1.165) is 27.8 Å². The van der Waals surface area contributed by atoms with Crippen LogP contribution in [0.5, 0.6) is 0 Å². The van der Waals surface area contributed by atoms with E-state index in [4.69, 9.17) is 0 Å². The van der Waals surface area contributed by atoms with Crippen molar-refractivity contribution in [2.24, 2.45) is 0 Å². The molecule has 0 unspecified atom stereocenters. The van der Waals surface area contributed by atoms with Crippen LogP contribution < -0.4 is 10.6 Å². The monoisotopic (exact) mass is 368 g/mol. The zero-order chi connectivity index (χ0) is 19.5. The van der Waals surface area contributed by atoms with Crippen LogP contribution in [0, 0.1) is 13.8 Å². The number of benzene rings is 2. The number of nitrogens with one attached hydrogen (secondary N) is 2. The van der Waals surface area contributed by atoms with Gasteiger partial charge in [-0.25, -0.2) is 4.98 Å². The summed E-state index contributed by atoms with van der Waals surface area (Å²) in [5.41, 5.74) is 5.96. The van der Waals surface area contributed by atoms with Crippen molar-refractivity contribution in [1.82, 2.24) is 9.97 Å². The Labute approximate surface area is 163 Å². The number of fused-ring (bicyclic) bond motifs is 1. The molecule has 0 saturated carbocycles. The van der Waals surface area contributed by atoms with Crippen LogP contribution in [0.25, 0.3) is 10.9 Å². The van der Waals surface area contributed by atoms with Gasteiger partial charge in [0, 0.05) is 17.3 Å². The summed E-state index contributed by atoms with van der Waals surface area (Å²) >= 11 is 0. The second kappa shape index (κ2) is 7.48. The molecule has 0 aliphatic rings. The van der Waals surface area contributed by atoms with Gasteiger partial charge >= 0.3 is 0 Å². The molecule has 0 spiro atoms. The average molecular weight is 368 g/mol. The Hall–Kier alpha value is -3.73. The van der Waals surface area contributed by atoms with Crippen LogP contribution in [0.1, 0.15) is 21.6 Å². The Balaban J connectivity index is 1.52. The van der Waals surface area contributed by atoms with Crippen molar-refractivity contribution >= 4 is 33.9 Å². The summed E-state index contributed by atoms with van der Waals surface area (Å²) in [6.45, 7) is 4.10. The van der Waals surface area contributed by atoms with E-state index >= 15 is 0 Å². The number of anilines is 3. The van der Waals surface area contributed by atoms with E-state index < -0.39 is 0 Å². The predicted octanol–water partition coefficient (Wildman–Crippen LogP) is 5.24. The van der Waals surface area contributed by atoms with Crippen LogP contribution in [0.4, 0.5) is 17.1 Å². The van der Waals surface area contributed by atoms with E-state index in [0.29, 0.717) is 11.4 Å². The van der Waals surface area contributed by atoms with E-state index in [9.17, 15) is 4.79 Å². The van der Waals surface area contributed by atoms with Crippen molar-refractivity contribution in [2.75, 3.05) is 10.6 Å². The van der Waals surface area contributed by atoms with Crippen LogP contribution in [-0.4, -0.2) is 15.9 Å². The maximum atomic E-state index is 12.6. The Bertz CT molecular complexity index is 1150. The first-order chi connectivity index (χ1) is 13.6. The van der Waals surface area contributed by atoms with E-state index in [1.807, 2.05) is 36.4 Å². The zero-order valence-electron chi connectivity index (χ0n) is 15.7. The number of para-hydroxylation sites is 1. The van der Waals surface area contributed by atoms with Crippen LogP contribution in [0.3, 0.4) is 0 Å². The Morgan fingerprint density at radius 3 is 2.57 bits per heavy atom. The molecule has 0 radical (unpaired) electrons. The Morgan fingerprint density at radius 1 is 0.893 bits per heavy atom. The first-order valence-electron chi connectivity index (χ1n) is 9.05. The molecule has 0 saturated heterocycles. The summed E-state index contributed by atoms with van der Waals surface area (Å²) in [7, 11) is 0. The number of rotatable bonds is 4. The lowest BCUT2D eigenvalue weighted by atomic mass is 10.1. The lowest BCUT2D eigenvalue weighted by Gasteiger charge is -2.11. The molecule has 28 heavy (non-hydrogen) atoms. The number of hydrogen-bond acceptors (Lipinski definition) is 4. The Morgan fingerprint density at radius 2 is 1.75 bits per heavy atom. The molecular weight excluding hydrogens is 348 g/mol. The number of pyridine rings is 2. The third-order valence-corrected chi connectivity index (χ3v) is 4.55. The van der Waals surface area contributed by atoms with Crippen LogP contribution in [-0.2, 0) is 0 Å². The van der Waals surface area contributed by atoms with Crippen molar-refractivity contribution in [3.8, 4) is 0 Å². The van der Waals surface area contributed by atoms with E-state index in [1.165, 1.54) is 5.56 Å². The van der Waals surface area contributed by atoms with Crippen molar-refractivity contribution in [2.45, 2.75) is 13.8 Å². The minimum absolute atomic E-state index is 0.267. The molecule has 5 heteroatoms. The molecule has 0 aliphatic carbocycles. The number of nitrogens with zero attached hydrogens (tertiary/aromatic N) is 2. The summed E-state index contributed by atoms with van der Waals surface area (Å²) in [5, 5.41) is 7.22. The van der Waals surface area contributed by atoms with Gasteiger partial charge < -0.3 is 10.6 Å². The average Bonchev–Trinajstić information content (AvgIpc) is 2.71. The number of hydrogen-bond donors (Lipinski definition) is 2. The summed E-state index contributed by atoms with van der Waals surface area (Å²) in [5.74, 6) is -0.267. The van der Waals surface area contributed by atoms with Gasteiger partial charge in [-0.3, -0.25) is 9.78 Å². The topological polar surface area (TPSA) is 66.9 Å². The highest BCUT2D eigenvalue weighted by molar-refractivity contribution is 6.07. The van der Waals surface area contributed by atoms with Gasteiger partial charge in [-0.15, -0.1) is 0 Å². The number of aromatic nitrogens is 2. The predicted molar refractivity (Wildman–Crippen MR) is 113 cm³/mol. The minimum atomic E-state index is -0.267. The smallest absolute Gasteiger partial charge is 0.274 e. The molecule has 1 amide bonds. The quantitative estimate of drug-likeness (QED) is 0.517. The fourth-order valence-electron chi connectivity index (χ4n) is 3.02. The van der Waals surface area contributed by atoms with Gasteiger partial charge in [-0.05, 0) is 55.3 Å². The number of amides is 1. The van der Waals surface area contributed by atoms with Crippen molar-refractivity contribution in [3.63, 3.8) is 0 Å². The van der Waals surface area contributed by atoms with Crippen LogP contribution in [0.15, 0.2) is 73.1 Å². The number of carbonyl (C=O) groups excluding carboxylic acids is 1. The second-order valence-electron chi connectivity index (χ2n) is 6.71. The first-order valence-corrected chi connectivity index (χ1v) is 9.05. The lowest BCUT2D eigenvalue weighted by molar-refractivity contribution is 0.102. The maximum Gasteiger partial charge on any atom is 0.274 e. The lowest BCUT2D eigenvalue weighted by Crippen LogP contribution is -2.14. The van der Waals surface area contributed by atoms with Gasteiger partial charge in [-0.1, -0.05) is 30.3 Å². The van der Waals surface area contributed by atoms with Gasteiger partial charge in [-0.2, -0.15) is 0 Å². The molecule has 0 fully saturated rings. The molecular formula is C23H20N4O. The summed E-state index contributed by atoms with van der Waals surface area (Å²) in [6, 6.07) is 19.3. The van der Waals surface area contributed by atoms with E-state index in [2.05, 4.69) is 52.6 Å². The first kappa shape index (κ1) is 17.7. The fourth-order valence-corrected chi connectivity index (χ4v) is 3.02. The largest absolute Gasteiger partial charge is 0.354 e. The highest BCUT2D eigenvalue weighted by Crippen LogP contribution is 2.23. The molecule has 2 heterocycles. The third kappa shape index (κ3) is 3.69. The molecule has 138 valence electrons. The van der Waals surface area contributed by atoms with Gasteiger partial charge in [0.05, 0.1) is 23.1 Å². The Kier molecular flexibility index (Phi) is 4.72. The maximum absolute atomic E-state index is 12.6. The molecule has 0 atom stereocenters. The third-order valence-electron chi connectivity index (χ3n) is 4.55. The highest BCUT2D eigenvalue weighted by Gasteiger charge is 2.10. The van der Waals surface area contributed by atoms with Crippen LogP contribution in [0.2, 0.25) is 0 Å². The molecule has 0 aliphatic heterocycles. The van der Waals surface area contributed by atoms with Gasteiger partial charge in [0.1, 0.15) is 5.69 Å². The zero-order valence-corrected chi connectivity index (χ0v) is 15.7. The second-order valence-corrected chi connectivity index (χ2v) is 6.71. The summed E-state index contributed by atoms with van der Waals surface area (Å²) in [6.07, 6.45) is 3.38.